The Balaban J connectivity index is 1.89. The molecule has 1 amide bonds. The Morgan fingerprint density at radius 1 is 1.17 bits per heavy atom. The van der Waals surface area contributed by atoms with E-state index in [1.54, 1.807) is 18.2 Å². The van der Waals surface area contributed by atoms with E-state index in [2.05, 4.69) is 16.4 Å². The van der Waals surface area contributed by atoms with E-state index >= 15 is 0 Å². The van der Waals surface area contributed by atoms with Gasteiger partial charge in [-0.05, 0) is 73.1 Å². The fraction of sp³-hybridized carbons (Fsp3) is 0.111. The van der Waals surface area contributed by atoms with Gasteiger partial charge in [-0.25, -0.2) is 4.99 Å². The average Bonchev–Trinajstić information content (AvgIpc) is 2.81. The van der Waals surface area contributed by atoms with E-state index in [-0.39, 0.29) is 11.7 Å². The Morgan fingerprint density at radius 2 is 1.88 bits per heavy atom. The molecule has 2 N–H and O–H groups in total. The van der Waals surface area contributed by atoms with Gasteiger partial charge in [0.2, 0.25) is 0 Å². The quantitative estimate of drug-likeness (QED) is 0.774. The topological polar surface area (TPSA) is 61.7 Å². The Morgan fingerprint density at radius 3 is 2.58 bits per heavy atom. The van der Waals surface area contributed by atoms with Crippen molar-refractivity contribution in [3.8, 4) is 5.75 Å². The molecule has 1 heterocycles. The normalized spacial score (nSPS) is 17.5. The molecule has 0 bridgehead atoms. The van der Waals surface area contributed by atoms with E-state index in [9.17, 15) is 9.90 Å². The number of amidine groups is 1. The Bertz CT molecular complexity index is 870. The highest BCUT2D eigenvalue weighted by atomic mass is 35.5. The van der Waals surface area contributed by atoms with Gasteiger partial charge in [-0.2, -0.15) is 0 Å². The molecule has 4 nitrogen and oxygen atoms in total. The van der Waals surface area contributed by atoms with Crippen molar-refractivity contribution in [2.24, 2.45) is 4.99 Å². The number of aromatic hydroxyl groups is 1. The third-order valence-electron chi connectivity index (χ3n) is 3.36. The molecule has 2 aromatic rings. The van der Waals surface area contributed by atoms with Crippen molar-refractivity contribution in [3.05, 3.63) is 63.0 Å². The molecule has 1 aliphatic rings. The summed E-state index contributed by atoms with van der Waals surface area (Å²) >= 11 is 7.16. The van der Waals surface area contributed by atoms with Crippen LogP contribution in [0, 0.1) is 13.8 Å². The summed E-state index contributed by atoms with van der Waals surface area (Å²) in [6, 6.07) is 10.7. The fourth-order valence-electron chi connectivity index (χ4n) is 2.40. The molecule has 1 fully saturated rings. The van der Waals surface area contributed by atoms with E-state index in [1.165, 1.54) is 17.8 Å². The van der Waals surface area contributed by atoms with Crippen LogP contribution in [0.25, 0.3) is 6.08 Å². The molecule has 0 atom stereocenters. The van der Waals surface area contributed by atoms with Crippen LogP contribution >= 0.6 is 23.4 Å². The lowest BCUT2D eigenvalue weighted by Gasteiger charge is -2.01. The van der Waals surface area contributed by atoms with Crippen LogP contribution < -0.4 is 5.32 Å². The van der Waals surface area contributed by atoms with Gasteiger partial charge in [0, 0.05) is 10.6 Å². The van der Waals surface area contributed by atoms with Crippen molar-refractivity contribution in [2.45, 2.75) is 13.8 Å². The number of hydrogen-bond acceptors (Lipinski definition) is 4. The predicted molar refractivity (Wildman–Crippen MR) is 99.8 cm³/mol. The van der Waals surface area contributed by atoms with Crippen molar-refractivity contribution in [1.82, 2.24) is 5.32 Å². The van der Waals surface area contributed by atoms with Crippen molar-refractivity contribution in [2.75, 3.05) is 0 Å². The number of aliphatic imine (C=N–C) groups is 1. The van der Waals surface area contributed by atoms with Crippen molar-refractivity contribution in [1.29, 1.82) is 0 Å². The monoisotopic (exact) mass is 358 g/mol. The summed E-state index contributed by atoms with van der Waals surface area (Å²) in [6.45, 7) is 4.01. The molecule has 1 aliphatic heterocycles. The van der Waals surface area contributed by atoms with Crippen molar-refractivity contribution < 1.29 is 9.90 Å². The highest BCUT2D eigenvalue weighted by molar-refractivity contribution is 8.18. The first-order valence-corrected chi connectivity index (χ1v) is 8.46. The van der Waals surface area contributed by atoms with Gasteiger partial charge in [-0.1, -0.05) is 17.7 Å². The number of nitrogens with one attached hydrogen (secondary N) is 1. The first kappa shape index (κ1) is 16.6. The number of carbonyl (C=O) groups is 1. The molecule has 1 saturated heterocycles. The molecule has 122 valence electrons. The van der Waals surface area contributed by atoms with Gasteiger partial charge in [-0.3, -0.25) is 4.79 Å². The second-order valence-corrected chi connectivity index (χ2v) is 7.00. The van der Waals surface area contributed by atoms with Crippen LogP contribution in [0.1, 0.15) is 16.7 Å². The van der Waals surface area contributed by atoms with E-state index in [1.807, 2.05) is 26.0 Å². The standard InChI is InChI=1S/C18H15ClN2O2S/c1-10-5-11(2)7-14(6-10)20-18-21-17(23)16(24-18)9-12-8-13(19)3-4-15(12)22/h3-9,22H,1-2H3,(H,20,21,23)/b16-9-. The van der Waals surface area contributed by atoms with Crippen LogP contribution in [0.15, 0.2) is 46.3 Å². The maximum atomic E-state index is 12.1. The van der Waals surface area contributed by atoms with Gasteiger partial charge >= 0.3 is 0 Å². The maximum Gasteiger partial charge on any atom is 0.264 e. The zero-order valence-electron chi connectivity index (χ0n) is 13.1. The van der Waals surface area contributed by atoms with Gasteiger partial charge < -0.3 is 10.4 Å². The van der Waals surface area contributed by atoms with Crippen LogP contribution in [0.4, 0.5) is 5.69 Å². The molecular formula is C18H15ClN2O2S. The molecule has 0 radical (unpaired) electrons. The van der Waals surface area contributed by atoms with E-state index < -0.39 is 0 Å². The Hall–Kier alpha value is -2.24. The number of nitrogens with zero attached hydrogens (tertiary/aromatic N) is 1. The molecule has 24 heavy (non-hydrogen) atoms. The first-order valence-electron chi connectivity index (χ1n) is 7.27. The lowest BCUT2D eigenvalue weighted by Crippen LogP contribution is -2.19. The zero-order chi connectivity index (χ0) is 17.3. The number of carbonyl (C=O) groups excluding carboxylic acids is 1. The minimum absolute atomic E-state index is 0.0694. The smallest absolute Gasteiger partial charge is 0.264 e. The summed E-state index contributed by atoms with van der Waals surface area (Å²) < 4.78 is 0. The largest absolute Gasteiger partial charge is 0.507 e. The number of benzene rings is 2. The lowest BCUT2D eigenvalue weighted by molar-refractivity contribution is -0.115. The van der Waals surface area contributed by atoms with Gasteiger partial charge in [0.25, 0.3) is 5.91 Å². The van der Waals surface area contributed by atoms with Crippen LogP contribution in [-0.2, 0) is 4.79 Å². The molecule has 0 aromatic heterocycles. The van der Waals surface area contributed by atoms with Crippen LogP contribution in [0.2, 0.25) is 5.02 Å². The number of hydrogen-bond donors (Lipinski definition) is 2. The number of thioether (sulfide) groups is 1. The first-order chi connectivity index (χ1) is 11.4. The van der Waals surface area contributed by atoms with E-state index in [0.29, 0.717) is 20.7 Å². The molecule has 3 rings (SSSR count). The number of halogens is 1. The number of amides is 1. The van der Waals surface area contributed by atoms with E-state index in [4.69, 9.17) is 11.6 Å². The van der Waals surface area contributed by atoms with Gasteiger partial charge in [0.05, 0.1) is 10.6 Å². The summed E-state index contributed by atoms with van der Waals surface area (Å²) in [5.74, 6) is -0.178. The Kier molecular flexibility index (Phi) is 4.64. The van der Waals surface area contributed by atoms with Crippen molar-refractivity contribution in [3.63, 3.8) is 0 Å². The third kappa shape index (κ3) is 3.80. The summed E-state index contributed by atoms with van der Waals surface area (Å²) in [7, 11) is 0. The number of rotatable bonds is 2. The Labute approximate surface area is 149 Å². The molecule has 0 spiro atoms. The highest BCUT2D eigenvalue weighted by Gasteiger charge is 2.24. The van der Waals surface area contributed by atoms with Crippen molar-refractivity contribution >= 4 is 46.2 Å². The van der Waals surface area contributed by atoms with Crippen LogP contribution in [-0.4, -0.2) is 16.2 Å². The van der Waals surface area contributed by atoms with Gasteiger partial charge in [0.15, 0.2) is 5.17 Å². The van der Waals surface area contributed by atoms with Gasteiger partial charge in [0.1, 0.15) is 5.75 Å². The highest BCUT2D eigenvalue weighted by Crippen LogP contribution is 2.31. The average molecular weight is 359 g/mol. The summed E-state index contributed by atoms with van der Waals surface area (Å²) in [4.78, 5) is 17.0. The fourth-order valence-corrected chi connectivity index (χ4v) is 3.41. The second kappa shape index (κ2) is 6.71. The SMILES string of the molecule is Cc1cc(C)cc(N=C2NC(=O)/C(=C/c3cc(Cl)ccc3O)S2)c1. The summed E-state index contributed by atoms with van der Waals surface area (Å²) in [6.07, 6.45) is 1.60. The third-order valence-corrected chi connectivity index (χ3v) is 4.51. The van der Waals surface area contributed by atoms with E-state index in [0.717, 1.165) is 16.8 Å². The second-order valence-electron chi connectivity index (χ2n) is 5.53. The molecule has 0 aliphatic carbocycles. The number of phenolic OH excluding ortho intramolecular Hbond substituents is 1. The maximum absolute atomic E-state index is 12.1. The predicted octanol–water partition coefficient (Wildman–Crippen LogP) is 4.55. The number of aryl methyl sites for hydroxylation is 2. The lowest BCUT2D eigenvalue weighted by atomic mass is 10.1. The minimum Gasteiger partial charge on any atom is -0.507 e. The molecular weight excluding hydrogens is 344 g/mol. The van der Waals surface area contributed by atoms with Gasteiger partial charge in [-0.15, -0.1) is 0 Å². The summed E-state index contributed by atoms with van der Waals surface area (Å²) in [5.41, 5.74) is 3.52. The molecule has 0 unspecified atom stereocenters. The number of phenols is 1. The molecule has 0 saturated carbocycles. The zero-order valence-corrected chi connectivity index (χ0v) is 14.7. The molecule has 6 heteroatoms. The molecule has 2 aromatic carbocycles. The van der Waals surface area contributed by atoms with Crippen LogP contribution in [0.3, 0.4) is 0 Å². The summed E-state index contributed by atoms with van der Waals surface area (Å²) in [5, 5.41) is 13.6. The van der Waals surface area contributed by atoms with Crippen LogP contribution in [0.5, 0.6) is 5.75 Å². The minimum atomic E-state index is -0.248.